The van der Waals surface area contributed by atoms with Gasteiger partial charge in [0.15, 0.2) is 0 Å². The Bertz CT molecular complexity index is 225. The first-order valence-corrected chi connectivity index (χ1v) is 3.56. The van der Waals surface area contributed by atoms with Gasteiger partial charge in [0.05, 0.1) is 0 Å². The lowest BCUT2D eigenvalue weighted by Crippen LogP contribution is -1.89. The van der Waals surface area contributed by atoms with Crippen LogP contribution < -0.4 is 0 Å². The first kappa shape index (κ1) is 11.6. The molecule has 0 aromatic carbocycles. The summed E-state index contributed by atoms with van der Waals surface area (Å²) in [7, 11) is 0. The minimum atomic E-state index is -2.50. The SMILES string of the molecule is Cl.FC(F)c1ccc(CCl)cn1. The fourth-order valence-corrected chi connectivity index (χ4v) is 0.802. The van der Waals surface area contributed by atoms with Crippen LogP contribution in [0.5, 0.6) is 0 Å². The van der Waals surface area contributed by atoms with Gasteiger partial charge in [-0.3, -0.25) is 4.98 Å². The molecular weight excluding hydrogens is 207 g/mol. The average Bonchev–Trinajstić information content (AvgIpc) is 2.05. The van der Waals surface area contributed by atoms with Gasteiger partial charge in [-0.25, -0.2) is 8.78 Å². The number of hydrogen-bond donors (Lipinski definition) is 0. The summed E-state index contributed by atoms with van der Waals surface area (Å²) in [4.78, 5) is 3.51. The molecule has 1 heterocycles. The molecule has 0 saturated heterocycles. The molecule has 1 aromatic rings. The van der Waals surface area contributed by atoms with Gasteiger partial charge in [0, 0.05) is 12.1 Å². The van der Waals surface area contributed by atoms with E-state index < -0.39 is 6.43 Å². The summed E-state index contributed by atoms with van der Waals surface area (Å²) in [6, 6.07) is 2.82. The molecule has 0 N–H and O–H groups in total. The lowest BCUT2D eigenvalue weighted by Gasteiger charge is -1.98. The largest absolute Gasteiger partial charge is 0.280 e. The fourth-order valence-electron chi connectivity index (χ4n) is 0.644. The summed E-state index contributed by atoms with van der Waals surface area (Å²) < 4.78 is 23.8. The molecule has 5 heteroatoms. The van der Waals surface area contributed by atoms with E-state index in [-0.39, 0.29) is 18.1 Å². The van der Waals surface area contributed by atoms with Crippen LogP contribution in [0.4, 0.5) is 8.78 Å². The summed E-state index contributed by atoms with van der Waals surface area (Å²) in [6.07, 6.45) is -1.14. The normalized spacial score (nSPS) is 9.67. The quantitative estimate of drug-likeness (QED) is 0.689. The van der Waals surface area contributed by atoms with Crippen molar-refractivity contribution in [1.29, 1.82) is 0 Å². The van der Waals surface area contributed by atoms with Crippen LogP contribution in [-0.4, -0.2) is 4.98 Å². The van der Waals surface area contributed by atoms with E-state index in [1.54, 1.807) is 6.07 Å². The van der Waals surface area contributed by atoms with Crippen molar-refractivity contribution in [3.8, 4) is 0 Å². The number of alkyl halides is 3. The molecule has 0 bridgehead atoms. The predicted octanol–water partition coefficient (Wildman–Crippen LogP) is 3.18. The average molecular weight is 214 g/mol. The van der Waals surface area contributed by atoms with Gasteiger partial charge in [-0.2, -0.15) is 0 Å². The Morgan fingerprint density at radius 3 is 2.42 bits per heavy atom. The molecule has 1 aromatic heterocycles. The highest BCUT2D eigenvalue weighted by molar-refractivity contribution is 6.17. The molecule has 68 valence electrons. The van der Waals surface area contributed by atoms with E-state index in [9.17, 15) is 8.78 Å². The Labute approximate surface area is 80.2 Å². The maximum Gasteiger partial charge on any atom is 0.280 e. The van der Waals surface area contributed by atoms with E-state index >= 15 is 0 Å². The number of halogens is 4. The van der Waals surface area contributed by atoms with Crippen molar-refractivity contribution >= 4 is 24.0 Å². The highest BCUT2D eigenvalue weighted by Gasteiger charge is 2.06. The summed E-state index contributed by atoms with van der Waals surface area (Å²) in [6.45, 7) is 0. The third kappa shape index (κ3) is 2.91. The van der Waals surface area contributed by atoms with Gasteiger partial charge < -0.3 is 0 Å². The predicted molar refractivity (Wildman–Crippen MR) is 46.0 cm³/mol. The monoisotopic (exact) mass is 213 g/mol. The molecule has 0 spiro atoms. The minimum Gasteiger partial charge on any atom is -0.255 e. The molecule has 0 radical (unpaired) electrons. The number of aromatic nitrogens is 1. The van der Waals surface area contributed by atoms with Gasteiger partial charge in [-0.05, 0) is 11.6 Å². The third-order valence-corrected chi connectivity index (χ3v) is 1.53. The smallest absolute Gasteiger partial charge is 0.255 e. The second-order valence-electron chi connectivity index (χ2n) is 2.03. The molecule has 1 nitrogen and oxygen atoms in total. The Hall–Kier alpha value is -0.410. The minimum absolute atomic E-state index is 0. The lowest BCUT2D eigenvalue weighted by atomic mass is 10.3. The Balaban J connectivity index is 0.00000121. The van der Waals surface area contributed by atoms with Crippen molar-refractivity contribution < 1.29 is 8.78 Å². The zero-order valence-electron chi connectivity index (χ0n) is 6.01. The van der Waals surface area contributed by atoms with Crippen molar-refractivity contribution in [3.63, 3.8) is 0 Å². The number of hydrogen-bond acceptors (Lipinski definition) is 1. The van der Waals surface area contributed by atoms with Crippen molar-refractivity contribution in [3.05, 3.63) is 29.6 Å². The highest BCUT2D eigenvalue weighted by atomic mass is 35.5. The zero-order valence-corrected chi connectivity index (χ0v) is 7.58. The van der Waals surface area contributed by atoms with Crippen molar-refractivity contribution in [2.24, 2.45) is 0 Å². The lowest BCUT2D eigenvalue weighted by molar-refractivity contribution is 0.146. The van der Waals surface area contributed by atoms with Gasteiger partial charge in [0.2, 0.25) is 0 Å². The number of nitrogens with zero attached hydrogens (tertiary/aromatic N) is 1. The van der Waals surface area contributed by atoms with Crippen molar-refractivity contribution in [2.75, 3.05) is 0 Å². The molecule has 0 aliphatic rings. The second-order valence-corrected chi connectivity index (χ2v) is 2.29. The van der Waals surface area contributed by atoms with Crippen LogP contribution in [0.3, 0.4) is 0 Å². The van der Waals surface area contributed by atoms with Crippen LogP contribution in [0.25, 0.3) is 0 Å². The van der Waals surface area contributed by atoms with Crippen molar-refractivity contribution in [2.45, 2.75) is 12.3 Å². The van der Waals surface area contributed by atoms with E-state index in [0.717, 1.165) is 5.56 Å². The second kappa shape index (κ2) is 5.27. The molecule has 0 saturated carbocycles. The first-order chi connectivity index (χ1) is 5.24. The van der Waals surface area contributed by atoms with E-state index in [2.05, 4.69) is 4.98 Å². The van der Waals surface area contributed by atoms with Crippen LogP contribution >= 0.6 is 24.0 Å². The zero-order chi connectivity index (χ0) is 8.27. The first-order valence-electron chi connectivity index (χ1n) is 3.03. The molecule has 1 rings (SSSR count). The van der Waals surface area contributed by atoms with Gasteiger partial charge in [-0.1, -0.05) is 6.07 Å². The van der Waals surface area contributed by atoms with Crippen LogP contribution in [0.15, 0.2) is 18.3 Å². The summed E-state index contributed by atoms with van der Waals surface area (Å²) in [5.41, 5.74) is 0.537. The summed E-state index contributed by atoms with van der Waals surface area (Å²) in [5, 5.41) is 0. The van der Waals surface area contributed by atoms with Crippen molar-refractivity contribution in [1.82, 2.24) is 4.98 Å². The maximum absolute atomic E-state index is 11.9. The van der Waals surface area contributed by atoms with E-state index in [1.165, 1.54) is 12.3 Å². The molecule has 0 amide bonds. The van der Waals surface area contributed by atoms with Gasteiger partial charge >= 0.3 is 0 Å². The number of pyridine rings is 1. The topological polar surface area (TPSA) is 12.9 Å². The van der Waals surface area contributed by atoms with Gasteiger partial charge in [-0.15, -0.1) is 24.0 Å². The maximum atomic E-state index is 11.9. The standard InChI is InChI=1S/C7H6ClF2N.ClH/c8-3-5-1-2-6(7(9)10)11-4-5;/h1-2,4,7H,3H2;1H. The van der Waals surface area contributed by atoms with E-state index in [1.807, 2.05) is 0 Å². The van der Waals surface area contributed by atoms with Gasteiger partial charge in [0.1, 0.15) is 5.69 Å². The van der Waals surface area contributed by atoms with E-state index in [0.29, 0.717) is 5.88 Å². The Morgan fingerprint density at radius 1 is 1.42 bits per heavy atom. The Morgan fingerprint density at radius 2 is 2.08 bits per heavy atom. The van der Waals surface area contributed by atoms with Crippen LogP contribution in [0.1, 0.15) is 17.7 Å². The summed E-state index contributed by atoms with van der Waals surface area (Å²) in [5.74, 6) is 0.302. The van der Waals surface area contributed by atoms with E-state index in [4.69, 9.17) is 11.6 Å². The van der Waals surface area contributed by atoms with Crippen LogP contribution in [0.2, 0.25) is 0 Å². The molecule has 0 fully saturated rings. The Kier molecular flexibility index (Phi) is 5.09. The molecular formula is C7H7Cl2F2N. The number of rotatable bonds is 2. The highest BCUT2D eigenvalue weighted by Crippen LogP contribution is 2.16. The molecule has 12 heavy (non-hydrogen) atoms. The van der Waals surface area contributed by atoms with Gasteiger partial charge in [0.25, 0.3) is 6.43 Å². The summed E-state index contributed by atoms with van der Waals surface area (Å²) >= 11 is 5.43. The molecule has 0 atom stereocenters. The van der Waals surface area contributed by atoms with Crippen LogP contribution in [0, 0.1) is 0 Å². The van der Waals surface area contributed by atoms with Crippen LogP contribution in [-0.2, 0) is 5.88 Å². The molecule has 0 aliphatic heterocycles. The third-order valence-electron chi connectivity index (χ3n) is 1.23. The molecule has 0 aliphatic carbocycles. The molecule has 0 unspecified atom stereocenters. The fraction of sp³-hybridized carbons (Fsp3) is 0.286.